The predicted octanol–water partition coefficient (Wildman–Crippen LogP) is 15.1. The van der Waals surface area contributed by atoms with Crippen LogP contribution in [0.2, 0.25) is 0 Å². The van der Waals surface area contributed by atoms with Gasteiger partial charge in [0.1, 0.15) is 0 Å². The van der Waals surface area contributed by atoms with Gasteiger partial charge in [-0.3, -0.25) is 4.79 Å². The summed E-state index contributed by atoms with van der Waals surface area (Å²) in [6.45, 7) is 10.5. The molecule has 1 aromatic heterocycles. The minimum atomic E-state index is -0.438. The molecule has 0 saturated carbocycles. The highest BCUT2D eigenvalue weighted by Gasteiger charge is 2.30. The zero-order valence-electron chi connectivity index (χ0n) is 35.1. The molecule has 302 valence electrons. The van der Waals surface area contributed by atoms with E-state index >= 15 is 0 Å². The largest absolute Gasteiger partial charge is 0.472 e. The van der Waals surface area contributed by atoms with E-state index < -0.39 is 5.97 Å². The van der Waals surface area contributed by atoms with E-state index in [9.17, 15) is 9.59 Å². The van der Waals surface area contributed by atoms with Gasteiger partial charge in [-0.25, -0.2) is 4.79 Å². The topological polar surface area (TPSA) is 65.7 Å². The van der Waals surface area contributed by atoms with Gasteiger partial charge in [0, 0.05) is 6.42 Å². The first-order valence-corrected chi connectivity index (χ1v) is 21.8. The van der Waals surface area contributed by atoms with Gasteiger partial charge in [-0.1, -0.05) is 132 Å². The van der Waals surface area contributed by atoms with Gasteiger partial charge in [-0.2, -0.15) is 0 Å². The predicted molar refractivity (Wildman–Crippen MR) is 227 cm³/mol. The molecule has 1 aromatic rings. The Labute approximate surface area is 330 Å². The number of furan rings is 1. The average molecular weight is 745 g/mol. The van der Waals surface area contributed by atoms with Crippen LogP contribution < -0.4 is 0 Å². The second kappa shape index (κ2) is 30.9. The summed E-state index contributed by atoms with van der Waals surface area (Å²) in [5.41, 5.74) is 4.44. The molecule has 0 bridgehead atoms. The molecule has 2 heterocycles. The molecule has 0 fully saturated rings. The Hall–Kier alpha value is -3.34. The first-order valence-electron chi connectivity index (χ1n) is 21.8. The number of carbonyl (C=O) groups is 2. The molecular formula is C49H76O5. The Balaban J connectivity index is 1.53. The Morgan fingerprint density at radius 3 is 1.96 bits per heavy atom. The highest BCUT2D eigenvalue weighted by molar-refractivity contribution is 5.94. The van der Waals surface area contributed by atoms with E-state index in [0.29, 0.717) is 17.8 Å². The highest BCUT2D eigenvalue weighted by atomic mass is 16.6. The number of cyclic esters (lactones) is 1. The lowest BCUT2D eigenvalue weighted by atomic mass is 9.99. The van der Waals surface area contributed by atoms with Gasteiger partial charge in [-0.05, 0) is 128 Å². The maximum Gasteiger partial charge on any atom is 0.343 e. The molecule has 0 radical (unpaired) electrons. The summed E-state index contributed by atoms with van der Waals surface area (Å²) in [5.74, 6) is 0.0976. The number of ether oxygens (including phenoxy) is 2. The fourth-order valence-corrected chi connectivity index (χ4v) is 6.75. The third-order valence-electron chi connectivity index (χ3n) is 10.3. The van der Waals surface area contributed by atoms with Crippen LogP contribution in [0, 0.1) is 5.92 Å². The van der Waals surface area contributed by atoms with E-state index in [1.807, 2.05) is 18.4 Å². The molecule has 0 spiro atoms. The first-order chi connectivity index (χ1) is 26.3. The summed E-state index contributed by atoms with van der Waals surface area (Å²) in [6.07, 6.45) is 48.3. The van der Waals surface area contributed by atoms with Crippen LogP contribution >= 0.6 is 0 Å². The van der Waals surface area contributed by atoms with Gasteiger partial charge >= 0.3 is 11.9 Å². The van der Waals surface area contributed by atoms with E-state index in [2.05, 4.69) is 64.2 Å². The maximum atomic E-state index is 12.7. The van der Waals surface area contributed by atoms with Gasteiger partial charge < -0.3 is 13.9 Å². The minimum absolute atomic E-state index is 0.190. The SMILES string of the molecule is CCCCCCCCCCCCCC/C=C\CC/C=C\CCCC(=O)OC1=C(C)C(=O)O/C1=C\[C@H](C)CCC/C(C)=C/CC/C(C)=C/CCc1ccoc1. The van der Waals surface area contributed by atoms with E-state index in [4.69, 9.17) is 13.9 Å². The van der Waals surface area contributed by atoms with Crippen molar-refractivity contribution in [2.75, 3.05) is 0 Å². The fraction of sp³-hybridized carbons (Fsp3) is 0.633. The van der Waals surface area contributed by atoms with E-state index in [-0.39, 0.29) is 17.6 Å². The third-order valence-corrected chi connectivity index (χ3v) is 10.3. The number of carbonyl (C=O) groups excluding carboxylic acids is 2. The van der Waals surface area contributed by atoms with Crippen LogP contribution in [0.15, 0.2) is 93.8 Å². The summed E-state index contributed by atoms with van der Waals surface area (Å²) >= 11 is 0. The van der Waals surface area contributed by atoms with Gasteiger partial charge in [-0.15, -0.1) is 0 Å². The van der Waals surface area contributed by atoms with Crippen LogP contribution in [0.4, 0.5) is 0 Å². The monoisotopic (exact) mass is 745 g/mol. The lowest BCUT2D eigenvalue weighted by molar-refractivity contribution is -0.140. The van der Waals surface area contributed by atoms with Crippen LogP contribution in [0.25, 0.3) is 0 Å². The van der Waals surface area contributed by atoms with E-state index in [1.54, 1.807) is 13.2 Å². The van der Waals surface area contributed by atoms with Gasteiger partial charge in [0.05, 0.1) is 18.1 Å². The maximum absolute atomic E-state index is 12.7. The van der Waals surface area contributed by atoms with Crippen molar-refractivity contribution >= 4 is 11.9 Å². The second-order valence-electron chi connectivity index (χ2n) is 15.6. The molecule has 0 aromatic carbocycles. The van der Waals surface area contributed by atoms with Crippen molar-refractivity contribution in [1.29, 1.82) is 0 Å². The van der Waals surface area contributed by atoms with Gasteiger partial charge in [0.25, 0.3) is 0 Å². The molecule has 0 amide bonds. The zero-order chi connectivity index (χ0) is 39.1. The number of rotatable bonds is 32. The van der Waals surface area contributed by atoms with Crippen molar-refractivity contribution in [2.45, 2.75) is 195 Å². The smallest absolute Gasteiger partial charge is 0.343 e. The molecule has 0 aliphatic carbocycles. The molecular weight excluding hydrogens is 669 g/mol. The summed E-state index contributed by atoms with van der Waals surface area (Å²) in [6, 6.07) is 2.03. The molecule has 5 heteroatoms. The van der Waals surface area contributed by atoms with Crippen molar-refractivity contribution in [2.24, 2.45) is 5.92 Å². The third kappa shape index (κ3) is 23.4. The molecule has 1 aliphatic heterocycles. The average Bonchev–Trinajstić information content (AvgIpc) is 3.76. The lowest BCUT2D eigenvalue weighted by Gasteiger charge is -2.10. The second-order valence-corrected chi connectivity index (χ2v) is 15.6. The van der Waals surface area contributed by atoms with Gasteiger partial charge in [0.2, 0.25) is 0 Å². The molecule has 0 saturated heterocycles. The zero-order valence-corrected chi connectivity index (χ0v) is 35.1. The summed E-state index contributed by atoms with van der Waals surface area (Å²) in [7, 11) is 0. The van der Waals surface area contributed by atoms with Crippen LogP contribution in [0.3, 0.4) is 0 Å². The Morgan fingerprint density at radius 2 is 1.31 bits per heavy atom. The highest BCUT2D eigenvalue weighted by Crippen LogP contribution is 2.30. The first kappa shape index (κ1) is 46.8. The van der Waals surface area contributed by atoms with Crippen molar-refractivity contribution in [3.63, 3.8) is 0 Å². The Morgan fingerprint density at radius 1 is 0.722 bits per heavy atom. The number of hydrogen-bond donors (Lipinski definition) is 0. The van der Waals surface area contributed by atoms with Gasteiger partial charge in [0.15, 0.2) is 11.5 Å². The number of hydrogen-bond acceptors (Lipinski definition) is 5. The summed E-state index contributed by atoms with van der Waals surface area (Å²) < 4.78 is 16.3. The van der Waals surface area contributed by atoms with E-state index in [1.165, 1.54) is 100 Å². The fourth-order valence-electron chi connectivity index (χ4n) is 6.75. The Bertz CT molecular complexity index is 1340. The normalized spacial score (nSPS) is 15.4. The van der Waals surface area contributed by atoms with Crippen LogP contribution in [0.1, 0.15) is 194 Å². The number of aryl methyl sites for hydroxylation is 1. The van der Waals surface area contributed by atoms with Crippen molar-refractivity contribution < 1.29 is 23.5 Å². The van der Waals surface area contributed by atoms with Crippen LogP contribution in [-0.4, -0.2) is 11.9 Å². The lowest BCUT2D eigenvalue weighted by Crippen LogP contribution is -2.06. The number of allylic oxidation sites excluding steroid dienone is 9. The Kier molecular flexibility index (Phi) is 26.8. The minimum Gasteiger partial charge on any atom is -0.472 e. The molecule has 5 nitrogen and oxygen atoms in total. The standard InChI is InChI=1S/C49H76O5/c1-6-7-8-9-10-11-12-13-14-15-16-17-18-19-20-21-22-23-24-25-26-36-47(50)54-48-44(5)49(51)53-46(48)39-43(4)34-28-32-41(2)30-27-31-42(3)33-29-35-45-37-38-52-40-45/h19-20,23-24,30,33,37-40,43H,6-18,21-22,25-29,31-32,34-36H2,1-5H3/b20-19-,24-23-,41-30+,42-33+,46-39-/t43-/m1/s1. The molecule has 54 heavy (non-hydrogen) atoms. The van der Waals surface area contributed by atoms with Crippen molar-refractivity contribution in [1.82, 2.24) is 0 Å². The van der Waals surface area contributed by atoms with Crippen LogP contribution in [0.5, 0.6) is 0 Å². The summed E-state index contributed by atoms with van der Waals surface area (Å²) in [4.78, 5) is 25.0. The molecule has 0 N–H and O–H groups in total. The van der Waals surface area contributed by atoms with Crippen molar-refractivity contribution in [3.05, 3.63) is 94.9 Å². The number of esters is 2. The van der Waals surface area contributed by atoms with Crippen molar-refractivity contribution in [3.8, 4) is 0 Å². The van der Waals surface area contributed by atoms with E-state index in [0.717, 1.165) is 70.6 Å². The molecule has 0 unspecified atom stereocenters. The van der Waals surface area contributed by atoms with Crippen LogP contribution in [-0.2, 0) is 25.5 Å². The number of unbranched alkanes of at least 4 members (excludes halogenated alkanes) is 14. The summed E-state index contributed by atoms with van der Waals surface area (Å²) in [5, 5.41) is 0. The molecule has 1 aliphatic rings. The quantitative estimate of drug-likeness (QED) is 0.0417. The molecule has 1 atom stereocenters. The molecule has 2 rings (SSSR count).